The highest BCUT2D eigenvalue weighted by atomic mass is 35.5. The summed E-state index contributed by atoms with van der Waals surface area (Å²) in [5.74, 6) is -0.458. The van der Waals surface area contributed by atoms with E-state index in [1.165, 1.54) is 6.07 Å². The molecule has 9 heteroatoms. The summed E-state index contributed by atoms with van der Waals surface area (Å²) in [5.41, 5.74) is 8.52. The molecule has 3 unspecified atom stereocenters. The summed E-state index contributed by atoms with van der Waals surface area (Å²) in [5, 5.41) is 4.07. The van der Waals surface area contributed by atoms with E-state index in [0.717, 1.165) is 12.0 Å². The lowest BCUT2D eigenvalue weighted by atomic mass is 9.80. The van der Waals surface area contributed by atoms with Crippen molar-refractivity contribution in [3.8, 4) is 0 Å². The maximum Gasteiger partial charge on any atom is 0.214 e. The Labute approximate surface area is 224 Å². The van der Waals surface area contributed by atoms with E-state index in [2.05, 4.69) is 5.32 Å². The van der Waals surface area contributed by atoms with E-state index >= 15 is 4.39 Å². The Morgan fingerprint density at radius 2 is 1.95 bits per heavy atom. The fraction of sp³-hybridized carbons (Fsp3) is 0.536. The van der Waals surface area contributed by atoms with Crippen molar-refractivity contribution in [2.24, 2.45) is 11.7 Å². The number of nitrogens with zero attached hydrogens (tertiary/aromatic N) is 1. The van der Waals surface area contributed by atoms with Crippen LogP contribution in [0.3, 0.4) is 0 Å². The highest BCUT2D eigenvalue weighted by Gasteiger charge is 2.38. The van der Waals surface area contributed by atoms with Gasteiger partial charge in [0.1, 0.15) is 5.82 Å². The van der Waals surface area contributed by atoms with Gasteiger partial charge < -0.3 is 11.1 Å². The van der Waals surface area contributed by atoms with E-state index in [1.54, 1.807) is 28.6 Å². The molecule has 2 aliphatic rings. The number of piperazine rings is 1. The lowest BCUT2D eigenvalue weighted by Gasteiger charge is -2.37. The van der Waals surface area contributed by atoms with Crippen LogP contribution in [0.25, 0.3) is 0 Å². The molecular formula is C28H37ClFN3O3S. The van der Waals surface area contributed by atoms with Gasteiger partial charge >= 0.3 is 0 Å². The summed E-state index contributed by atoms with van der Waals surface area (Å²) in [7, 11) is -3.32. The van der Waals surface area contributed by atoms with Crippen molar-refractivity contribution in [2.75, 3.05) is 18.8 Å². The number of halogens is 2. The molecule has 2 heterocycles. The first-order valence-electron chi connectivity index (χ1n) is 13.1. The van der Waals surface area contributed by atoms with Crippen LogP contribution in [0.5, 0.6) is 0 Å². The Bertz CT molecular complexity index is 1210. The number of hydrogen-bond donors (Lipinski definition) is 2. The zero-order valence-electron chi connectivity index (χ0n) is 21.5. The number of sulfonamides is 1. The molecule has 2 bridgehead atoms. The van der Waals surface area contributed by atoms with Gasteiger partial charge in [-0.25, -0.2) is 12.8 Å². The van der Waals surface area contributed by atoms with Gasteiger partial charge in [0.2, 0.25) is 10.0 Å². The molecule has 0 spiro atoms. The van der Waals surface area contributed by atoms with Gasteiger partial charge in [0.05, 0.1) is 11.8 Å². The molecule has 2 saturated heterocycles. The van der Waals surface area contributed by atoms with Crippen molar-refractivity contribution < 1.29 is 17.6 Å². The number of Topliss-reactive ketones (excluding diaryl/α,β-unsaturated/α-hetero) is 1. The molecule has 0 saturated carbocycles. The summed E-state index contributed by atoms with van der Waals surface area (Å²) in [6.45, 7) is 5.07. The Morgan fingerprint density at radius 3 is 2.65 bits per heavy atom. The Hall–Kier alpha value is -1.84. The molecule has 4 rings (SSSR count). The molecule has 6 nitrogen and oxygen atoms in total. The summed E-state index contributed by atoms with van der Waals surface area (Å²) in [6.07, 6.45) is 2.34. The van der Waals surface area contributed by atoms with Gasteiger partial charge in [-0.3, -0.25) is 4.79 Å². The highest BCUT2D eigenvalue weighted by Crippen LogP contribution is 2.30. The molecule has 2 aromatic rings. The fourth-order valence-corrected chi connectivity index (χ4v) is 7.74. The minimum Gasteiger partial charge on any atom is -0.321 e. The monoisotopic (exact) mass is 549 g/mol. The van der Waals surface area contributed by atoms with Gasteiger partial charge in [-0.05, 0) is 66.5 Å². The summed E-state index contributed by atoms with van der Waals surface area (Å²) in [6, 6.07) is 11.3. The predicted octanol–water partition coefficient (Wildman–Crippen LogP) is 4.06. The topological polar surface area (TPSA) is 92.5 Å². The van der Waals surface area contributed by atoms with Crippen LogP contribution in [0.1, 0.15) is 55.7 Å². The van der Waals surface area contributed by atoms with Crippen molar-refractivity contribution in [3.05, 3.63) is 70.0 Å². The van der Waals surface area contributed by atoms with Crippen molar-refractivity contribution in [1.29, 1.82) is 0 Å². The number of carbonyl (C=O) groups is 1. The molecule has 0 aromatic heterocycles. The van der Waals surface area contributed by atoms with Crippen LogP contribution in [0.15, 0.2) is 42.5 Å². The first kappa shape index (κ1) is 28.2. The molecule has 37 heavy (non-hydrogen) atoms. The third-order valence-electron chi connectivity index (χ3n) is 7.80. The van der Waals surface area contributed by atoms with Crippen LogP contribution in [0.4, 0.5) is 4.39 Å². The highest BCUT2D eigenvalue weighted by molar-refractivity contribution is 7.89. The number of ketones is 1. The van der Waals surface area contributed by atoms with Crippen LogP contribution in [-0.2, 0) is 27.7 Å². The lowest BCUT2D eigenvalue weighted by Crippen LogP contribution is -2.57. The number of carbonyl (C=O) groups excluding carboxylic acids is 1. The molecular weight excluding hydrogens is 513 g/mol. The zero-order valence-corrected chi connectivity index (χ0v) is 23.1. The van der Waals surface area contributed by atoms with Gasteiger partial charge in [-0.2, -0.15) is 4.31 Å². The average molecular weight is 550 g/mol. The molecule has 5 atom stereocenters. The van der Waals surface area contributed by atoms with Gasteiger partial charge in [0.25, 0.3) is 0 Å². The first-order valence-corrected chi connectivity index (χ1v) is 15.1. The van der Waals surface area contributed by atoms with Crippen LogP contribution < -0.4 is 11.1 Å². The SMILES string of the molecule is CC(C)[C@H](c1ccc(Cl)cc1)[C@H](N)C(=O)Cc1cccc(F)c1CCC1CNC2CCCS(=O)(=O)N1C2. The number of nitrogens with two attached hydrogens (primary N) is 1. The molecule has 3 N–H and O–H groups in total. The average Bonchev–Trinajstić information content (AvgIpc) is 2.96. The number of benzene rings is 2. The third-order valence-corrected chi connectivity index (χ3v) is 10.0. The Balaban J connectivity index is 1.49. The molecule has 202 valence electrons. The smallest absolute Gasteiger partial charge is 0.214 e. The van der Waals surface area contributed by atoms with Gasteiger partial charge in [0, 0.05) is 42.5 Å². The van der Waals surface area contributed by atoms with Crippen LogP contribution in [0, 0.1) is 11.7 Å². The Kier molecular flexibility index (Phi) is 9.07. The van der Waals surface area contributed by atoms with E-state index < -0.39 is 16.1 Å². The summed E-state index contributed by atoms with van der Waals surface area (Å²) in [4.78, 5) is 13.4. The standard InChI is InChI=1S/C28H37ClFN3O3S/c1-18(2)27(19-8-10-21(29)11-9-19)28(31)26(34)15-20-5-3-7-25(30)24(20)13-12-23-16-32-22-6-4-14-37(35,36)33(23)17-22/h3,5,7-11,18,22-23,27-28,32H,4,6,12-17,31H2,1-2H3/t22?,23?,27-,28-/m1/s1. The normalized spacial score (nSPS) is 24.9. The van der Waals surface area contributed by atoms with Gasteiger partial charge in [-0.1, -0.05) is 49.7 Å². The second-order valence-electron chi connectivity index (χ2n) is 10.7. The van der Waals surface area contributed by atoms with Crippen LogP contribution >= 0.6 is 11.6 Å². The maximum atomic E-state index is 15.0. The molecule has 2 aromatic carbocycles. The van der Waals surface area contributed by atoms with E-state index in [-0.39, 0.29) is 47.7 Å². The predicted molar refractivity (Wildman–Crippen MR) is 146 cm³/mol. The largest absolute Gasteiger partial charge is 0.321 e. The minimum atomic E-state index is -3.32. The van der Waals surface area contributed by atoms with Crippen molar-refractivity contribution >= 4 is 27.4 Å². The Morgan fingerprint density at radius 1 is 1.22 bits per heavy atom. The number of nitrogens with one attached hydrogen (secondary N) is 1. The number of fused-ring (bicyclic) bond motifs is 2. The molecule has 2 aliphatic heterocycles. The first-order chi connectivity index (χ1) is 17.6. The van der Waals surface area contributed by atoms with Crippen molar-refractivity contribution in [2.45, 2.75) is 70.0 Å². The summed E-state index contributed by atoms with van der Waals surface area (Å²) < 4.78 is 42.2. The zero-order chi connectivity index (χ0) is 26.7. The second kappa shape index (κ2) is 11.9. The maximum absolute atomic E-state index is 15.0. The molecule has 2 fully saturated rings. The fourth-order valence-electron chi connectivity index (χ4n) is 5.80. The second-order valence-corrected chi connectivity index (χ2v) is 13.2. The van der Waals surface area contributed by atoms with Gasteiger partial charge in [0.15, 0.2) is 5.78 Å². The molecule has 0 radical (unpaired) electrons. The van der Waals surface area contributed by atoms with E-state index in [1.807, 2.05) is 26.0 Å². The van der Waals surface area contributed by atoms with Crippen LogP contribution in [-0.4, -0.2) is 55.5 Å². The number of hydrogen-bond acceptors (Lipinski definition) is 5. The molecule has 0 amide bonds. The van der Waals surface area contributed by atoms with Crippen molar-refractivity contribution in [1.82, 2.24) is 9.62 Å². The van der Waals surface area contributed by atoms with E-state index in [4.69, 9.17) is 17.3 Å². The third kappa shape index (κ3) is 6.60. The van der Waals surface area contributed by atoms with Crippen LogP contribution in [0.2, 0.25) is 5.02 Å². The molecule has 0 aliphatic carbocycles. The van der Waals surface area contributed by atoms with Crippen molar-refractivity contribution in [3.63, 3.8) is 0 Å². The minimum absolute atomic E-state index is 0.0259. The van der Waals surface area contributed by atoms with Gasteiger partial charge in [-0.15, -0.1) is 0 Å². The van der Waals surface area contributed by atoms with E-state index in [9.17, 15) is 13.2 Å². The number of rotatable bonds is 9. The summed E-state index contributed by atoms with van der Waals surface area (Å²) >= 11 is 6.04. The lowest BCUT2D eigenvalue weighted by molar-refractivity contribution is -0.120. The quantitative estimate of drug-likeness (QED) is 0.492. The van der Waals surface area contributed by atoms with E-state index in [0.29, 0.717) is 48.5 Å².